The van der Waals surface area contributed by atoms with E-state index in [0.29, 0.717) is 0 Å². The molecule has 0 aromatic carbocycles. The summed E-state index contributed by atoms with van der Waals surface area (Å²) < 4.78 is 0. The fourth-order valence-corrected chi connectivity index (χ4v) is 0.391. The standard InChI is InChI=1S/C6H12B.C3H8P.Y/c1-6(2,3)4-5-7;1-2-3-4;/h1,4-5H2,2-3H3;1-4H2;/q2*-1;. The molecule has 69 valence electrons. The summed E-state index contributed by atoms with van der Waals surface area (Å²) in [5, 5.41) is 0. The van der Waals surface area contributed by atoms with Crippen LogP contribution in [0.2, 0.25) is 6.32 Å². The summed E-state index contributed by atoms with van der Waals surface area (Å²) in [6, 6.07) is 0. The maximum Gasteiger partial charge on any atom is 0.0652 e. The summed E-state index contributed by atoms with van der Waals surface area (Å²) in [6.45, 7) is 11.6. The van der Waals surface area contributed by atoms with Gasteiger partial charge >= 0.3 is 0 Å². The summed E-state index contributed by atoms with van der Waals surface area (Å²) in [5.41, 5.74) is 0.175. The van der Waals surface area contributed by atoms with Crippen molar-refractivity contribution in [1.82, 2.24) is 0 Å². The second-order valence-corrected chi connectivity index (χ2v) is 3.92. The molecule has 3 heteroatoms. The normalized spacial score (nSPS) is 9.42. The van der Waals surface area contributed by atoms with Crippen molar-refractivity contribution in [3.63, 3.8) is 0 Å². The first-order chi connectivity index (χ1) is 4.97. The molecule has 0 aliphatic heterocycles. The molecule has 0 rings (SSSR count). The minimum Gasteiger partial charge on any atom is -0.343 e. The molecule has 0 bridgehead atoms. The second-order valence-electron chi connectivity index (χ2n) is 3.35. The van der Waals surface area contributed by atoms with Gasteiger partial charge in [-0.25, -0.2) is 0 Å². The fraction of sp³-hybridized carbons (Fsp3) is 0.778. The van der Waals surface area contributed by atoms with Crippen molar-refractivity contribution in [2.75, 3.05) is 6.16 Å². The van der Waals surface area contributed by atoms with Gasteiger partial charge in [-0.05, 0) is 0 Å². The maximum atomic E-state index is 5.27. The van der Waals surface area contributed by atoms with E-state index in [4.69, 9.17) is 7.85 Å². The summed E-state index contributed by atoms with van der Waals surface area (Å²) in [7, 11) is 7.87. The molecule has 0 aliphatic rings. The Bertz CT molecular complexity index is 69.4. The van der Waals surface area contributed by atoms with Gasteiger partial charge in [0.25, 0.3) is 0 Å². The van der Waals surface area contributed by atoms with Gasteiger partial charge in [-0.15, -0.1) is 9.24 Å². The van der Waals surface area contributed by atoms with E-state index in [1.807, 2.05) is 0 Å². The molecule has 1 unspecified atom stereocenters. The molecule has 0 spiro atoms. The van der Waals surface area contributed by atoms with Gasteiger partial charge in [0, 0.05) is 32.7 Å². The molecule has 0 saturated carbocycles. The minimum absolute atomic E-state index is 0. The van der Waals surface area contributed by atoms with Crippen molar-refractivity contribution in [2.45, 2.75) is 33.0 Å². The maximum absolute atomic E-state index is 5.27. The van der Waals surface area contributed by atoms with Crippen LogP contribution in [0.1, 0.15) is 26.7 Å². The van der Waals surface area contributed by atoms with Crippen LogP contribution in [0, 0.1) is 19.3 Å². The molecule has 0 saturated heterocycles. The van der Waals surface area contributed by atoms with Crippen molar-refractivity contribution in [3.8, 4) is 0 Å². The summed E-state index contributed by atoms with van der Waals surface area (Å²) in [4.78, 5) is 0. The fourth-order valence-electron chi connectivity index (χ4n) is 0.391. The molecule has 0 amide bonds. The Hall–Kier alpha value is 1.60. The van der Waals surface area contributed by atoms with Crippen LogP contribution in [0.4, 0.5) is 0 Å². The SMILES string of the molecule is [B]CCC([CH2-])(C)C.[CH2-]CCP.[Y]. The van der Waals surface area contributed by atoms with Crippen LogP contribution in [0.25, 0.3) is 0 Å². The van der Waals surface area contributed by atoms with E-state index >= 15 is 0 Å². The van der Waals surface area contributed by atoms with Crippen molar-refractivity contribution in [1.29, 1.82) is 0 Å². The molecule has 1 atom stereocenters. The predicted octanol–water partition coefficient (Wildman–Crippen LogP) is 2.91. The predicted molar refractivity (Wildman–Crippen MR) is 58.9 cm³/mol. The number of rotatable bonds is 3. The van der Waals surface area contributed by atoms with Crippen LogP contribution in [-0.2, 0) is 32.7 Å². The van der Waals surface area contributed by atoms with E-state index in [9.17, 15) is 0 Å². The first-order valence-corrected chi connectivity index (χ1v) is 4.84. The summed E-state index contributed by atoms with van der Waals surface area (Å²) >= 11 is 0. The van der Waals surface area contributed by atoms with Crippen molar-refractivity contribution in [3.05, 3.63) is 13.8 Å². The monoisotopic (exact) mass is 259 g/mol. The molecule has 0 heterocycles. The molecular formula is C9H20BPY-2. The first-order valence-electron chi connectivity index (χ1n) is 4.02. The quantitative estimate of drug-likeness (QED) is 0.415. The van der Waals surface area contributed by atoms with Gasteiger partial charge in [0.2, 0.25) is 0 Å². The zero-order chi connectivity index (χ0) is 9.33. The zero-order valence-electron chi connectivity index (χ0n) is 8.47. The molecule has 0 aromatic rings. The van der Waals surface area contributed by atoms with Crippen LogP contribution < -0.4 is 0 Å². The van der Waals surface area contributed by atoms with E-state index in [2.05, 4.69) is 36.9 Å². The van der Waals surface area contributed by atoms with Crippen molar-refractivity contribution < 1.29 is 32.7 Å². The zero-order valence-corrected chi connectivity index (χ0v) is 12.5. The van der Waals surface area contributed by atoms with Gasteiger partial charge in [-0.2, -0.15) is 11.8 Å². The third-order valence-corrected chi connectivity index (χ3v) is 1.43. The third-order valence-electron chi connectivity index (χ3n) is 1.03. The Morgan fingerprint density at radius 3 is 1.75 bits per heavy atom. The number of hydrogen-bond donors (Lipinski definition) is 0. The van der Waals surface area contributed by atoms with Crippen LogP contribution >= 0.6 is 9.24 Å². The van der Waals surface area contributed by atoms with Gasteiger partial charge in [0.15, 0.2) is 0 Å². The van der Waals surface area contributed by atoms with Crippen molar-refractivity contribution in [2.24, 2.45) is 5.41 Å². The van der Waals surface area contributed by atoms with Crippen LogP contribution in [0.5, 0.6) is 0 Å². The topological polar surface area (TPSA) is 0 Å². The molecule has 0 fully saturated rings. The molecule has 12 heavy (non-hydrogen) atoms. The average Bonchev–Trinajstić information content (AvgIpc) is 1.86. The Kier molecular flexibility index (Phi) is 20.2. The Morgan fingerprint density at radius 2 is 1.75 bits per heavy atom. The van der Waals surface area contributed by atoms with Gasteiger partial charge in [-0.3, -0.25) is 0 Å². The molecule has 0 nitrogen and oxygen atoms in total. The van der Waals surface area contributed by atoms with E-state index in [1.54, 1.807) is 0 Å². The Morgan fingerprint density at radius 1 is 1.42 bits per heavy atom. The first kappa shape index (κ1) is 19.2. The molecule has 0 aromatic heterocycles. The Balaban J connectivity index is -0.000000142. The average molecular weight is 259 g/mol. The molecular weight excluding hydrogens is 239 g/mol. The minimum atomic E-state index is 0. The smallest absolute Gasteiger partial charge is 0.0652 e. The van der Waals surface area contributed by atoms with E-state index in [0.717, 1.165) is 25.3 Å². The van der Waals surface area contributed by atoms with E-state index in [1.165, 1.54) is 0 Å². The summed E-state index contributed by atoms with van der Waals surface area (Å²) in [5.74, 6) is 0. The molecule has 3 radical (unpaired) electrons. The molecule has 0 aliphatic carbocycles. The number of hydrogen-bond acceptors (Lipinski definition) is 0. The third kappa shape index (κ3) is 29.9. The largest absolute Gasteiger partial charge is 0.343 e. The van der Waals surface area contributed by atoms with Crippen LogP contribution in [0.15, 0.2) is 0 Å². The Labute approximate surface area is 108 Å². The second kappa shape index (κ2) is 12.6. The van der Waals surface area contributed by atoms with Gasteiger partial charge in [-0.1, -0.05) is 32.8 Å². The van der Waals surface area contributed by atoms with Crippen LogP contribution in [-0.4, -0.2) is 14.0 Å². The van der Waals surface area contributed by atoms with E-state index in [-0.39, 0.29) is 38.1 Å². The van der Waals surface area contributed by atoms with E-state index < -0.39 is 0 Å². The van der Waals surface area contributed by atoms with Crippen molar-refractivity contribution >= 4 is 17.1 Å². The van der Waals surface area contributed by atoms with Gasteiger partial charge in [0.1, 0.15) is 0 Å². The van der Waals surface area contributed by atoms with Gasteiger partial charge in [0.05, 0.1) is 7.85 Å². The summed E-state index contributed by atoms with van der Waals surface area (Å²) in [6.07, 6.45) is 3.91. The van der Waals surface area contributed by atoms with Gasteiger partial charge < -0.3 is 13.8 Å². The van der Waals surface area contributed by atoms with Crippen LogP contribution in [0.3, 0.4) is 0 Å². The molecule has 0 N–H and O–H groups in total.